The second-order valence-corrected chi connectivity index (χ2v) is 9.03. The molecule has 0 bridgehead atoms. The van der Waals surface area contributed by atoms with E-state index in [1.54, 1.807) is 0 Å². The summed E-state index contributed by atoms with van der Waals surface area (Å²) in [5.41, 5.74) is -0.767. The Bertz CT molecular complexity index is 1400. The van der Waals surface area contributed by atoms with E-state index in [1.807, 2.05) is 0 Å². The van der Waals surface area contributed by atoms with Crippen molar-refractivity contribution in [3.63, 3.8) is 0 Å². The van der Waals surface area contributed by atoms with Crippen molar-refractivity contribution in [3.8, 4) is 17.2 Å². The third kappa shape index (κ3) is 5.46. The molecule has 0 aliphatic rings. The Balaban J connectivity index is 2.03. The first-order valence-electron chi connectivity index (χ1n) is 10.2. The Morgan fingerprint density at radius 1 is 0.972 bits per heavy atom. The number of hydrogen-bond acceptors (Lipinski definition) is 8. The minimum Gasteiger partial charge on any atom is -0.495 e. The lowest BCUT2D eigenvalue weighted by molar-refractivity contribution is -0.384. The first-order chi connectivity index (χ1) is 17.1. The first-order valence-corrected chi connectivity index (χ1v) is 11.7. The molecule has 0 heterocycles. The molecule has 0 fully saturated rings. The number of halogens is 1. The van der Waals surface area contributed by atoms with Gasteiger partial charge < -0.3 is 19.5 Å². The SMILES string of the molecule is COc1ccc([N+](=O)[O-])cc1NC(=O)CN(c1ccccc1F)S(=O)(=O)c1ccc(OC)c(OC)c1. The number of amides is 1. The highest BCUT2D eigenvalue weighted by molar-refractivity contribution is 7.92. The normalized spacial score (nSPS) is 10.9. The van der Waals surface area contributed by atoms with Crippen LogP contribution in [0.25, 0.3) is 0 Å². The average molecular weight is 520 g/mol. The minimum absolute atomic E-state index is 0.0614. The predicted molar refractivity (Wildman–Crippen MR) is 129 cm³/mol. The number of hydrogen-bond donors (Lipinski definition) is 1. The quantitative estimate of drug-likeness (QED) is 0.317. The fourth-order valence-corrected chi connectivity index (χ4v) is 4.73. The molecule has 36 heavy (non-hydrogen) atoms. The number of nitro benzene ring substituents is 1. The van der Waals surface area contributed by atoms with Gasteiger partial charge >= 0.3 is 0 Å². The molecule has 0 unspecified atom stereocenters. The number of sulfonamides is 1. The summed E-state index contributed by atoms with van der Waals surface area (Å²) >= 11 is 0. The summed E-state index contributed by atoms with van der Waals surface area (Å²) in [6.07, 6.45) is 0. The summed E-state index contributed by atoms with van der Waals surface area (Å²) in [4.78, 5) is 23.1. The molecule has 0 aliphatic heterocycles. The Kier molecular flexibility index (Phi) is 7.94. The molecule has 0 saturated heterocycles. The summed E-state index contributed by atoms with van der Waals surface area (Å²) in [5, 5.41) is 13.5. The number of methoxy groups -OCH3 is 3. The highest BCUT2D eigenvalue weighted by atomic mass is 32.2. The van der Waals surface area contributed by atoms with Gasteiger partial charge in [-0.3, -0.25) is 19.2 Å². The van der Waals surface area contributed by atoms with Crippen LogP contribution in [0.1, 0.15) is 0 Å². The van der Waals surface area contributed by atoms with E-state index in [9.17, 15) is 27.7 Å². The van der Waals surface area contributed by atoms with Crippen molar-refractivity contribution in [3.05, 3.63) is 76.6 Å². The fourth-order valence-electron chi connectivity index (χ4n) is 3.29. The van der Waals surface area contributed by atoms with Crippen LogP contribution >= 0.6 is 0 Å². The topological polar surface area (TPSA) is 137 Å². The van der Waals surface area contributed by atoms with Crippen LogP contribution in [0, 0.1) is 15.9 Å². The molecule has 0 atom stereocenters. The average Bonchev–Trinajstić information content (AvgIpc) is 2.87. The lowest BCUT2D eigenvalue weighted by Gasteiger charge is -2.25. The molecular weight excluding hydrogens is 497 g/mol. The maximum atomic E-state index is 14.7. The lowest BCUT2D eigenvalue weighted by Crippen LogP contribution is -2.38. The third-order valence-corrected chi connectivity index (χ3v) is 6.78. The maximum absolute atomic E-state index is 14.7. The maximum Gasteiger partial charge on any atom is 0.271 e. The zero-order valence-electron chi connectivity index (χ0n) is 19.4. The Labute approximate surface area is 206 Å². The van der Waals surface area contributed by atoms with Gasteiger partial charge in [0.15, 0.2) is 11.5 Å². The lowest BCUT2D eigenvalue weighted by atomic mass is 10.2. The van der Waals surface area contributed by atoms with Crippen LogP contribution < -0.4 is 23.8 Å². The van der Waals surface area contributed by atoms with Crippen molar-refractivity contribution < 1.29 is 36.7 Å². The van der Waals surface area contributed by atoms with E-state index in [4.69, 9.17) is 14.2 Å². The molecule has 0 saturated carbocycles. The molecule has 190 valence electrons. The molecule has 0 aromatic heterocycles. The van der Waals surface area contributed by atoms with Gasteiger partial charge in [0.1, 0.15) is 18.1 Å². The smallest absolute Gasteiger partial charge is 0.271 e. The molecule has 0 aliphatic carbocycles. The van der Waals surface area contributed by atoms with E-state index in [1.165, 1.54) is 69.9 Å². The van der Waals surface area contributed by atoms with Crippen LogP contribution in [0.15, 0.2) is 65.6 Å². The Morgan fingerprint density at radius 2 is 1.61 bits per heavy atom. The van der Waals surface area contributed by atoms with Crippen molar-refractivity contribution >= 4 is 33.0 Å². The zero-order valence-corrected chi connectivity index (χ0v) is 20.2. The van der Waals surface area contributed by atoms with E-state index in [0.29, 0.717) is 4.31 Å². The zero-order chi connectivity index (χ0) is 26.5. The fraction of sp³-hybridized carbons (Fsp3) is 0.174. The summed E-state index contributed by atoms with van der Waals surface area (Å²) < 4.78 is 57.9. The highest BCUT2D eigenvalue weighted by Crippen LogP contribution is 2.33. The van der Waals surface area contributed by atoms with Crippen molar-refractivity contribution in [2.24, 2.45) is 0 Å². The van der Waals surface area contributed by atoms with Crippen LogP contribution in [0.2, 0.25) is 0 Å². The number of carbonyl (C=O) groups is 1. The van der Waals surface area contributed by atoms with E-state index < -0.39 is 33.2 Å². The molecule has 3 aromatic carbocycles. The van der Waals surface area contributed by atoms with Crippen LogP contribution in [0.5, 0.6) is 17.2 Å². The van der Waals surface area contributed by atoms with E-state index in [0.717, 1.165) is 12.1 Å². The number of rotatable bonds is 10. The molecular formula is C23H22FN3O8S. The first kappa shape index (κ1) is 26.2. The molecule has 13 heteroatoms. The van der Waals surface area contributed by atoms with E-state index in [-0.39, 0.29) is 39.2 Å². The van der Waals surface area contributed by atoms with Crippen molar-refractivity contribution in [2.75, 3.05) is 37.5 Å². The number of para-hydroxylation sites is 1. The molecule has 1 amide bonds. The van der Waals surface area contributed by atoms with E-state index >= 15 is 0 Å². The van der Waals surface area contributed by atoms with Crippen LogP contribution in [0.3, 0.4) is 0 Å². The number of anilines is 2. The number of nitrogens with zero attached hydrogens (tertiary/aromatic N) is 2. The predicted octanol–water partition coefficient (Wildman–Crippen LogP) is 3.59. The van der Waals surface area contributed by atoms with Gasteiger partial charge in [-0.1, -0.05) is 12.1 Å². The van der Waals surface area contributed by atoms with Crippen molar-refractivity contribution in [1.82, 2.24) is 0 Å². The van der Waals surface area contributed by atoms with Gasteiger partial charge in [-0.05, 0) is 30.3 Å². The third-order valence-electron chi connectivity index (χ3n) is 5.02. The monoisotopic (exact) mass is 519 g/mol. The second-order valence-electron chi connectivity index (χ2n) is 7.17. The summed E-state index contributed by atoms with van der Waals surface area (Å²) in [6, 6.07) is 12.3. The summed E-state index contributed by atoms with van der Waals surface area (Å²) in [7, 11) is -0.504. The van der Waals surface area contributed by atoms with Crippen LogP contribution in [-0.4, -0.2) is 47.1 Å². The summed E-state index contributed by atoms with van der Waals surface area (Å²) in [5.74, 6) is -1.31. The number of ether oxygens (including phenoxy) is 3. The van der Waals surface area contributed by atoms with Crippen LogP contribution in [-0.2, 0) is 14.8 Å². The van der Waals surface area contributed by atoms with Crippen molar-refractivity contribution in [2.45, 2.75) is 4.90 Å². The molecule has 0 radical (unpaired) electrons. The minimum atomic E-state index is -4.50. The van der Waals surface area contributed by atoms with Gasteiger partial charge in [0.2, 0.25) is 5.91 Å². The largest absolute Gasteiger partial charge is 0.495 e. The number of nitrogens with one attached hydrogen (secondary N) is 1. The Morgan fingerprint density at radius 3 is 2.22 bits per heavy atom. The number of carbonyl (C=O) groups excluding carboxylic acids is 1. The van der Waals surface area contributed by atoms with Crippen molar-refractivity contribution in [1.29, 1.82) is 0 Å². The van der Waals surface area contributed by atoms with Gasteiger partial charge in [-0.2, -0.15) is 0 Å². The van der Waals surface area contributed by atoms with Gasteiger partial charge in [-0.15, -0.1) is 0 Å². The highest BCUT2D eigenvalue weighted by Gasteiger charge is 2.30. The standard InChI is InChI=1S/C23H22FN3O8S/c1-33-20-10-8-15(27(29)30)12-18(20)25-23(28)14-26(19-7-5-4-6-17(19)24)36(31,32)16-9-11-21(34-2)22(13-16)35-3/h4-13H,14H2,1-3H3,(H,25,28). The number of nitro groups is 1. The Hall–Kier alpha value is -4.39. The molecule has 3 aromatic rings. The van der Waals surface area contributed by atoms with Gasteiger partial charge in [0, 0.05) is 18.2 Å². The van der Waals surface area contributed by atoms with Gasteiger partial charge in [0.25, 0.3) is 15.7 Å². The molecule has 3 rings (SSSR count). The van der Waals surface area contributed by atoms with E-state index in [2.05, 4.69) is 5.32 Å². The van der Waals surface area contributed by atoms with Gasteiger partial charge in [-0.25, -0.2) is 12.8 Å². The second kappa shape index (κ2) is 10.9. The number of non-ortho nitro benzene ring substituents is 1. The molecule has 11 nitrogen and oxygen atoms in total. The number of benzene rings is 3. The summed E-state index contributed by atoms with van der Waals surface area (Å²) in [6.45, 7) is -0.858. The molecule has 0 spiro atoms. The van der Waals surface area contributed by atoms with Crippen LogP contribution in [0.4, 0.5) is 21.5 Å². The molecule has 1 N–H and O–H groups in total. The van der Waals surface area contributed by atoms with Gasteiger partial charge in [0.05, 0.1) is 42.5 Å².